The molecule has 1 aromatic heterocycles. The zero-order chi connectivity index (χ0) is 21.6. The Morgan fingerprint density at radius 2 is 1.87 bits per heavy atom. The van der Waals surface area contributed by atoms with E-state index in [-0.39, 0.29) is 5.91 Å². The maximum Gasteiger partial charge on any atom is 0.275 e. The second-order valence-corrected chi connectivity index (χ2v) is 7.69. The van der Waals surface area contributed by atoms with Crippen LogP contribution in [-0.4, -0.2) is 51.4 Å². The van der Waals surface area contributed by atoms with Gasteiger partial charge in [-0.25, -0.2) is 4.98 Å². The van der Waals surface area contributed by atoms with Crippen molar-refractivity contribution in [3.63, 3.8) is 0 Å². The Labute approximate surface area is 184 Å². The van der Waals surface area contributed by atoms with Gasteiger partial charge in [-0.05, 0) is 36.4 Å². The molecule has 9 heteroatoms. The molecule has 2 aromatic carbocycles. The van der Waals surface area contributed by atoms with E-state index in [1.165, 1.54) is 11.3 Å². The van der Waals surface area contributed by atoms with E-state index in [9.17, 15) is 4.79 Å². The molecule has 4 rings (SSSR count). The third kappa shape index (κ3) is 5.07. The molecule has 3 aromatic rings. The molecule has 31 heavy (non-hydrogen) atoms. The van der Waals surface area contributed by atoms with Crippen LogP contribution in [0.1, 0.15) is 10.5 Å². The topological polar surface area (TPSA) is 85.0 Å². The van der Waals surface area contributed by atoms with Crippen molar-refractivity contribution in [2.45, 2.75) is 0 Å². The molecule has 1 aliphatic rings. The molecule has 1 amide bonds. The normalized spacial score (nSPS) is 13.5. The summed E-state index contributed by atoms with van der Waals surface area (Å²) in [5, 5.41) is 8.40. The quantitative estimate of drug-likeness (QED) is 0.575. The number of carbonyl (C=O) groups excluding carboxylic acids is 1. The summed E-state index contributed by atoms with van der Waals surface area (Å²) in [6.45, 7) is 3.22. The van der Waals surface area contributed by atoms with Gasteiger partial charge in [0.1, 0.15) is 17.2 Å². The number of methoxy groups -OCH3 is 2. The van der Waals surface area contributed by atoms with Crippen LogP contribution in [0.2, 0.25) is 0 Å². The molecule has 0 saturated carbocycles. The summed E-state index contributed by atoms with van der Waals surface area (Å²) in [6, 6.07) is 13.3. The van der Waals surface area contributed by atoms with Crippen molar-refractivity contribution in [2.24, 2.45) is 0 Å². The molecule has 0 spiro atoms. The van der Waals surface area contributed by atoms with Gasteiger partial charge in [0.25, 0.3) is 5.91 Å². The molecule has 1 fully saturated rings. The van der Waals surface area contributed by atoms with Crippen molar-refractivity contribution >= 4 is 39.4 Å². The van der Waals surface area contributed by atoms with Gasteiger partial charge >= 0.3 is 0 Å². The summed E-state index contributed by atoms with van der Waals surface area (Å²) in [5.74, 6) is 1.06. The minimum Gasteiger partial charge on any atom is -0.497 e. The fourth-order valence-corrected chi connectivity index (χ4v) is 3.93. The van der Waals surface area contributed by atoms with Crippen LogP contribution < -0.4 is 25.0 Å². The average Bonchev–Trinajstić information content (AvgIpc) is 3.29. The van der Waals surface area contributed by atoms with Crippen LogP contribution in [-0.2, 0) is 4.74 Å². The summed E-state index contributed by atoms with van der Waals surface area (Å²) in [6.07, 6.45) is 0. The van der Waals surface area contributed by atoms with Gasteiger partial charge in [0.15, 0.2) is 5.13 Å². The van der Waals surface area contributed by atoms with Crippen molar-refractivity contribution in [3.05, 3.63) is 53.5 Å². The average molecular weight is 441 g/mol. The van der Waals surface area contributed by atoms with Gasteiger partial charge < -0.3 is 29.7 Å². The Bertz CT molecular complexity index is 1030. The van der Waals surface area contributed by atoms with Crippen molar-refractivity contribution in [1.82, 2.24) is 4.98 Å². The van der Waals surface area contributed by atoms with Crippen molar-refractivity contribution in [2.75, 3.05) is 56.1 Å². The maximum absolute atomic E-state index is 12.6. The summed E-state index contributed by atoms with van der Waals surface area (Å²) >= 11 is 1.35. The number of anilines is 4. The highest BCUT2D eigenvalue weighted by atomic mass is 32.1. The molecule has 0 aliphatic carbocycles. The highest BCUT2D eigenvalue weighted by molar-refractivity contribution is 7.14. The number of morpholine rings is 1. The molecule has 0 radical (unpaired) electrons. The van der Waals surface area contributed by atoms with E-state index in [0.29, 0.717) is 22.3 Å². The molecule has 1 aliphatic heterocycles. The lowest BCUT2D eigenvalue weighted by Gasteiger charge is -2.28. The molecule has 2 heterocycles. The zero-order valence-corrected chi connectivity index (χ0v) is 18.2. The zero-order valence-electron chi connectivity index (χ0n) is 17.4. The van der Waals surface area contributed by atoms with Gasteiger partial charge in [-0.3, -0.25) is 4.79 Å². The highest BCUT2D eigenvalue weighted by Crippen LogP contribution is 2.32. The number of carbonyl (C=O) groups is 1. The molecule has 2 N–H and O–H groups in total. The molecular formula is C22H24N4O4S. The Kier molecular flexibility index (Phi) is 6.54. The summed E-state index contributed by atoms with van der Waals surface area (Å²) in [4.78, 5) is 19.3. The van der Waals surface area contributed by atoms with Crippen molar-refractivity contribution < 1.29 is 19.0 Å². The van der Waals surface area contributed by atoms with E-state index in [1.54, 1.807) is 25.7 Å². The standard InChI is InChI=1S/C22H24N4O4S/c1-28-17-7-8-18(20(13-17)29-2)24-22-25-19(14-31-22)21(27)23-15-3-5-16(6-4-15)26-9-11-30-12-10-26/h3-8,13-14H,9-12H2,1-2H3,(H,23,27)(H,24,25). The first-order valence-corrected chi connectivity index (χ1v) is 10.7. The largest absolute Gasteiger partial charge is 0.497 e. The van der Waals surface area contributed by atoms with Crippen LogP contribution >= 0.6 is 11.3 Å². The van der Waals surface area contributed by atoms with Gasteiger partial charge in [-0.1, -0.05) is 0 Å². The number of hydrogen-bond acceptors (Lipinski definition) is 8. The fraction of sp³-hybridized carbons (Fsp3) is 0.273. The van der Waals surface area contributed by atoms with Gasteiger partial charge in [-0.15, -0.1) is 11.3 Å². The predicted octanol–water partition coefficient (Wildman–Crippen LogP) is 3.99. The SMILES string of the molecule is COc1ccc(Nc2nc(C(=O)Nc3ccc(N4CCOCC4)cc3)cs2)c(OC)c1. The summed E-state index contributed by atoms with van der Waals surface area (Å²) in [5.41, 5.74) is 2.93. The minimum absolute atomic E-state index is 0.259. The van der Waals surface area contributed by atoms with Gasteiger partial charge in [0, 0.05) is 35.9 Å². The van der Waals surface area contributed by atoms with Crippen molar-refractivity contribution in [3.8, 4) is 11.5 Å². The number of hydrogen-bond donors (Lipinski definition) is 2. The second kappa shape index (κ2) is 9.67. The lowest BCUT2D eigenvalue weighted by molar-refractivity contribution is 0.102. The first kappa shape index (κ1) is 21.0. The minimum atomic E-state index is -0.259. The van der Waals surface area contributed by atoms with E-state index >= 15 is 0 Å². The van der Waals surface area contributed by atoms with Crippen LogP contribution in [0.4, 0.5) is 22.2 Å². The molecule has 0 unspecified atom stereocenters. The highest BCUT2D eigenvalue weighted by Gasteiger charge is 2.14. The third-order valence-corrected chi connectivity index (χ3v) is 5.65. The smallest absolute Gasteiger partial charge is 0.275 e. The Hall–Kier alpha value is -3.30. The molecule has 0 atom stereocenters. The number of rotatable bonds is 7. The molecule has 1 saturated heterocycles. The third-order valence-electron chi connectivity index (χ3n) is 4.89. The maximum atomic E-state index is 12.6. The van der Waals surface area contributed by atoms with Crippen LogP contribution in [0.5, 0.6) is 11.5 Å². The number of nitrogens with zero attached hydrogens (tertiary/aromatic N) is 2. The number of amides is 1. The number of ether oxygens (including phenoxy) is 3. The number of benzene rings is 2. The number of aromatic nitrogens is 1. The second-order valence-electron chi connectivity index (χ2n) is 6.83. The molecule has 0 bridgehead atoms. The van der Waals surface area contributed by atoms with Crippen LogP contribution in [0.25, 0.3) is 0 Å². The molecule has 162 valence electrons. The van der Waals surface area contributed by atoms with Gasteiger partial charge in [-0.2, -0.15) is 0 Å². The van der Waals surface area contributed by atoms with Crippen LogP contribution in [0, 0.1) is 0 Å². The number of thiazole rings is 1. The van der Waals surface area contributed by atoms with Crippen LogP contribution in [0.3, 0.4) is 0 Å². The first-order chi connectivity index (χ1) is 15.2. The van der Waals surface area contributed by atoms with Gasteiger partial charge in [0.05, 0.1) is 33.1 Å². The monoisotopic (exact) mass is 440 g/mol. The summed E-state index contributed by atoms with van der Waals surface area (Å²) < 4.78 is 16.0. The lowest BCUT2D eigenvalue weighted by atomic mass is 10.2. The number of nitrogens with one attached hydrogen (secondary N) is 2. The first-order valence-electron chi connectivity index (χ1n) is 9.85. The summed E-state index contributed by atoms with van der Waals surface area (Å²) in [7, 11) is 3.19. The lowest BCUT2D eigenvalue weighted by Crippen LogP contribution is -2.36. The molecule has 8 nitrogen and oxygen atoms in total. The fourth-order valence-electron chi connectivity index (χ4n) is 3.22. The molecular weight excluding hydrogens is 416 g/mol. The van der Waals surface area contributed by atoms with E-state index in [0.717, 1.165) is 43.4 Å². The Balaban J connectivity index is 1.39. The van der Waals surface area contributed by atoms with E-state index in [1.807, 2.05) is 36.4 Å². The van der Waals surface area contributed by atoms with Gasteiger partial charge in [0.2, 0.25) is 0 Å². The van der Waals surface area contributed by atoms with E-state index < -0.39 is 0 Å². The van der Waals surface area contributed by atoms with Crippen molar-refractivity contribution in [1.29, 1.82) is 0 Å². The van der Waals surface area contributed by atoms with E-state index in [2.05, 4.69) is 20.5 Å². The Morgan fingerprint density at radius 1 is 1.10 bits per heavy atom. The Morgan fingerprint density at radius 3 is 2.58 bits per heavy atom. The predicted molar refractivity (Wildman–Crippen MR) is 122 cm³/mol. The van der Waals surface area contributed by atoms with Crippen LogP contribution in [0.15, 0.2) is 47.8 Å². The van der Waals surface area contributed by atoms with E-state index in [4.69, 9.17) is 14.2 Å².